The molecule has 142 valence electrons. The third-order valence-electron chi connectivity index (χ3n) is 4.67. The van der Waals surface area contributed by atoms with Gasteiger partial charge in [-0.1, -0.05) is 18.2 Å². The molecule has 0 unspecified atom stereocenters. The molecule has 1 saturated heterocycles. The Morgan fingerprint density at radius 2 is 1.67 bits per heavy atom. The number of amides is 2. The summed E-state index contributed by atoms with van der Waals surface area (Å²) in [6.07, 6.45) is 0. The van der Waals surface area contributed by atoms with Gasteiger partial charge in [0.15, 0.2) is 6.54 Å². The van der Waals surface area contributed by atoms with Crippen molar-refractivity contribution in [3.05, 3.63) is 60.2 Å². The third-order valence-corrected chi connectivity index (χ3v) is 4.67. The number of hydrogen-bond acceptors (Lipinski definition) is 4. The Morgan fingerprint density at radius 3 is 2.30 bits per heavy atom. The Balaban J connectivity index is 1.40. The van der Waals surface area contributed by atoms with Crippen molar-refractivity contribution in [2.45, 2.75) is 0 Å². The molecule has 3 N–H and O–H groups in total. The van der Waals surface area contributed by atoms with Crippen LogP contribution in [0.15, 0.2) is 54.6 Å². The molecule has 0 atom stereocenters. The van der Waals surface area contributed by atoms with Gasteiger partial charge < -0.3 is 14.5 Å². The molecule has 0 radical (unpaired) electrons. The molecule has 0 bridgehead atoms. The summed E-state index contributed by atoms with van der Waals surface area (Å²) in [7, 11) is 1.66. The van der Waals surface area contributed by atoms with E-state index in [-0.39, 0.29) is 11.8 Å². The maximum atomic E-state index is 12.1. The molecule has 2 aromatic carbocycles. The van der Waals surface area contributed by atoms with Crippen LogP contribution in [0.4, 0.5) is 5.69 Å². The largest absolute Gasteiger partial charge is 0.497 e. The van der Waals surface area contributed by atoms with Gasteiger partial charge in [-0.05, 0) is 36.4 Å². The first kappa shape index (κ1) is 18.7. The lowest BCUT2D eigenvalue weighted by molar-refractivity contribution is -0.892. The second-order valence-electron chi connectivity index (χ2n) is 6.48. The second-order valence-corrected chi connectivity index (χ2v) is 6.48. The van der Waals surface area contributed by atoms with E-state index in [1.54, 1.807) is 31.4 Å². The fourth-order valence-electron chi connectivity index (χ4n) is 3.11. The molecule has 3 rings (SSSR count). The Morgan fingerprint density at radius 1 is 1.00 bits per heavy atom. The van der Waals surface area contributed by atoms with Gasteiger partial charge >= 0.3 is 0 Å². The number of ether oxygens (including phenoxy) is 1. The SMILES string of the molecule is COc1ccc(N2CC[NH+](CC(=O)NNC(=O)c3ccccc3)CC2)cc1. The topological polar surface area (TPSA) is 75.1 Å². The summed E-state index contributed by atoms with van der Waals surface area (Å²) in [4.78, 5) is 27.5. The van der Waals surface area contributed by atoms with Crippen molar-refractivity contribution < 1.29 is 19.2 Å². The average molecular weight is 369 g/mol. The van der Waals surface area contributed by atoms with Crippen LogP contribution in [0, 0.1) is 0 Å². The van der Waals surface area contributed by atoms with E-state index in [9.17, 15) is 9.59 Å². The minimum absolute atomic E-state index is 0.188. The fourth-order valence-corrected chi connectivity index (χ4v) is 3.11. The normalized spacial score (nSPS) is 14.5. The van der Waals surface area contributed by atoms with Crippen molar-refractivity contribution in [3.63, 3.8) is 0 Å². The van der Waals surface area contributed by atoms with Gasteiger partial charge in [0.05, 0.1) is 33.3 Å². The average Bonchev–Trinajstić information content (AvgIpc) is 2.73. The van der Waals surface area contributed by atoms with Gasteiger partial charge in [0.25, 0.3) is 11.8 Å². The molecule has 7 heteroatoms. The van der Waals surface area contributed by atoms with Crippen molar-refractivity contribution >= 4 is 17.5 Å². The molecule has 1 heterocycles. The number of methoxy groups -OCH3 is 1. The predicted molar refractivity (Wildman–Crippen MR) is 103 cm³/mol. The highest BCUT2D eigenvalue weighted by molar-refractivity contribution is 5.95. The molecule has 0 aliphatic carbocycles. The Kier molecular flexibility index (Phi) is 6.27. The van der Waals surface area contributed by atoms with Gasteiger partial charge in [-0.2, -0.15) is 0 Å². The summed E-state index contributed by atoms with van der Waals surface area (Å²) < 4.78 is 5.19. The molecule has 0 saturated carbocycles. The van der Waals surface area contributed by atoms with E-state index in [2.05, 4.69) is 27.9 Å². The van der Waals surface area contributed by atoms with E-state index in [4.69, 9.17) is 4.74 Å². The van der Waals surface area contributed by atoms with E-state index >= 15 is 0 Å². The number of rotatable bonds is 5. The smallest absolute Gasteiger partial charge is 0.293 e. The van der Waals surface area contributed by atoms with Crippen LogP contribution in [0.2, 0.25) is 0 Å². The van der Waals surface area contributed by atoms with Crippen molar-refractivity contribution in [2.24, 2.45) is 0 Å². The summed E-state index contributed by atoms with van der Waals surface area (Å²) in [6.45, 7) is 3.83. The fraction of sp³-hybridized carbons (Fsp3) is 0.300. The van der Waals surface area contributed by atoms with Crippen LogP contribution in [0.5, 0.6) is 5.75 Å². The number of carbonyl (C=O) groups is 2. The summed E-state index contributed by atoms with van der Waals surface area (Å²) in [5.74, 6) is 0.340. The van der Waals surface area contributed by atoms with Crippen molar-refractivity contribution in [1.29, 1.82) is 0 Å². The Hall–Kier alpha value is -3.06. The van der Waals surface area contributed by atoms with Gasteiger partial charge in [0, 0.05) is 11.3 Å². The lowest BCUT2D eigenvalue weighted by Gasteiger charge is -2.33. The molecule has 7 nitrogen and oxygen atoms in total. The zero-order valence-electron chi connectivity index (χ0n) is 15.4. The molecule has 2 aromatic rings. The molecular formula is C20H25N4O3+. The van der Waals surface area contributed by atoms with Crippen LogP contribution in [0.25, 0.3) is 0 Å². The molecule has 0 spiro atoms. The molecule has 1 aliphatic heterocycles. The highest BCUT2D eigenvalue weighted by Gasteiger charge is 2.22. The molecule has 27 heavy (non-hydrogen) atoms. The zero-order chi connectivity index (χ0) is 19.1. The molecule has 2 amide bonds. The first-order valence-corrected chi connectivity index (χ1v) is 9.02. The van der Waals surface area contributed by atoms with Crippen LogP contribution >= 0.6 is 0 Å². The summed E-state index contributed by atoms with van der Waals surface area (Å²) in [5.41, 5.74) is 6.63. The van der Waals surface area contributed by atoms with Gasteiger partial charge in [0.1, 0.15) is 5.75 Å². The minimum Gasteiger partial charge on any atom is -0.497 e. The Labute approximate surface area is 158 Å². The van der Waals surface area contributed by atoms with Gasteiger partial charge in [-0.15, -0.1) is 0 Å². The first-order valence-electron chi connectivity index (χ1n) is 9.02. The van der Waals surface area contributed by atoms with E-state index in [1.807, 2.05) is 18.2 Å². The van der Waals surface area contributed by atoms with Crippen LogP contribution in [-0.2, 0) is 4.79 Å². The lowest BCUT2D eigenvalue weighted by atomic mass is 10.2. The highest BCUT2D eigenvalue weighted by atomic mass is 16.5. The summed E-state index contributed by atoms with van der Waals surface area (Å²) in [5, 5.41) is 0. The maximum Gasteiger partial charge on any atom is 0.293 e. The third kappa shape index (κ3) is 5.21. The van der Waals surface area contributed by atoms with E-state index in [0.29, 0.717) is 12.1 Å². The monoisotopic (exact) mass is 369 g/mol. The van der Waals surface area contributed by atoms with Gasteiger partial charge in [-0.25, -0.2) is 0 Å². The number of piperazine rings is 1. The lowest BCUT2D eigenvalue weighted by Crippen LogP contribution is -3.16. The second kappa shape index (κ2) is 9.05. The first-order chi connectivity index (χ1) is 13.2. The maximum absolute atomic E-state index is 12.1. The predicted octanol–water partition coefficient (Wildman–Crippen LogP) is -0.139. The van der Waals surface area contributed by atoms with E-state index in [0.717, 1.165) is 37.6 Å². The highest BCUT2D eigenvalue weighted by Crippen LogP contribution is 2.18. The van der Waals surface area contributed by atoms with Gasteiger partial charge in [0.2, 0.25) is 0 Å². The summed E-state index contributed by atoms with van der Waals surface area (Å²) in [6, 6.07) is 16.8. The summed E-state index contributed by atoms with van der Waals surface area (Å²) >= 11 is 0. The number of hydrogen-bond donors (Lipinski definition) is 3. The van der Waals surface area contributed by atoms with Crippen LogP contribution in [0.3, 0.4) is 0 Å². The van der Waals surface area contributed by atoms with Gasteiger partial charge in [-0.3, -0.25) is 20.4 Å². The number of nitrogens with one attached hydrogen (secondary N) is 3. The van der Waals surface area contributed by atoms with Crippen LogP contribution < -0.4 is 25.4 Å². The number of carbonyl (C=O) groups excluding carboxylic acids is 2. The van der Waals surface area contributed by atoms with Crippen molar-refractivity contribution in [3.8, 4) is 5.75 Å². The quantitative estimate of drug-likeness (QED) is 0.642. The number of hydrazine groups is 1. The molecule has 1 aliphatic rings. The van der Waals surface area contributed by atoms with E-state index in [1.165, 1.54) is 4.90 Å². The van der Waals surface area contributed by atoms with Crippen LogP contribution in [-0.4, -0.2) is 51.6 Å². The molecular weight excluding hydrogens is 344 g/mol. The van der Waals surface area contributed by atoms with Crippen molar-refractivity contribution in [1.82, 2.24) is 10.9 Å². The minimum atomic E-state index is -0.316. The number of nitrogens with zero attached hydrogens (tertiary/aromatic N) is 1. The van der Waals surface area contributed by atoms with E-state index < -0.39 is 0 Å². The zero-order valence-corrected chi connectivity index (χ0v) is 15.4. The number of benzene rings is 2. The Bertz CT molecular complexity index is 757. The molecule has 1 fully saturated rings. The van der Waals surface area contributed by atoms with Crippen molar-refractivity contribution in [2.75, 3.05) is 44.7 Å². The number of anilines is 1. The standard InChI is InChI=1S/C20H24N4O3/c1-27-18-9-7-17(8-10-18)24-13-11-23(12-14-24)15-19(25)21-22-20(26)16-5-3-2-4-6-16/h2-10H,11-15H2,1H3,(H,21,25)(H,22,26)/p+1. The van der Waals surface area contributed by atoms with Crippen LogP contribution in [0.1, 0.15) is 10.4 Å². The number of quaternary nitrogens is 1. The molecule has 0 aromatic heterocycles.